The van der Waals surface area contributed by atoms with Crippen molar-refractivity contribution in [3.63, 3.8) is 0 Å². The summed E-state index contributed by atoms with van der Waals surface area (Å²) in [5.41, 5.74) is 3.15. The molecule has 0 saturated carbocycles. The fourth-order valence-corrected chi connectivity index (χ4v) is 4.07. The molecule has 2 aromatic carbocycles. The van der Waals surface area contributed by atoms with Crippen molar-refractivity contribution in [1.82, 2.24) is 15.1 Å². The predicted octanol–water partition coefficient (Wildman–Crippen LogP) is 5.77. The van der Waals surface area contributed by atoms with Gasteiger partial charge in [-0.25, -0.2) is 4.79 Å². The van der Waals surface area contributed by atoms with Gasteiger partial charge in [-0.2, -0.15) is 0 Å². The highest BCUT2D eigenvalue weighted by atomic mass is 35.5. The van der Waals surface area contributed by atoms with Gasteiger partial charge in [-0.3, -0.25) is 0 Å². The Bertz CT molecular complexity index is 1100. The minimum Gasteiger partial charge on any atom is -0.352 e. The molecule has 160 valence electrons. The van der Waals surface area contributed by atoms with Crippen LogP contribution in [0.5, 0.6) is 0 Å². The van der Waals surface area contributed by atoms with Crippen LogP contribution in [0.1, 0.15) is 5.56 Å². The monoisotopic (exact) mass is 475 g/mol. The third-order valence-electron chi connectivity index (χ3n) is 5.19. The second kappa shape index (κ2) is 9.30. The first-order valence-corrected chi connectivity index (χ1v) is 10.9. The second-order valence-corrected chi connectivity index (χ2v) is 8.54. The number of rotatable bonds is 3. The number of carbonyl (C=O) groups is 1. The summed E-state index contributed by atoms with van der Waals surface area (Å²) in [6, 6.07) is 14.4. The molecule has 1 aromatic heterocycles. The van der Waals surface area contributed by atoms with Crippen LogP contribution < -0.4 is 10.2 Å². The van der Waals surface area contributed by atoms with E-state index in [2.05, 4.69) is 20.4 Å². The van der Waals surface area contributed by atoms with Gasteiger partial charge in [-0.15, -0.1) is 10.2 Å². The van der Waals surface area contributed by atoms with Crippen LogP contribution in [0.25, 0.3) is 11.3 Å². The molecule has 1 fully saturated rings. The first-order chi connectivity index (χ1) is 14.9. The molecule has 0 spiro atoms. The second-order valence-electron chi connectivity index (χ2n) is 7.26. The third-order valence-corrected chi connectivity index (χ3v) is 5.97. The Morgan fingerprint density at radius 1 is 0.903 bits per heavy atom. The molecular formula is C22H20Cl3N5O. The molecule has 1 aliphatic heterocycles. The molecule has 6 nitrogen and oxygen atoms in total. The maximum atomic E-state index is 12.6. The predicted molar refractivity (Wildman–Crippen MR) is 126 cm³/mol. The Kier molecular flexibility index (Phi) is 6.51. The van der Waals surface area contributed by atoms with Crippen molar-refractivity contribution in [3.8, 4) is 11.3 Å². The smallest absolute Gasteiger partial charge is 0.321 e. The number of piperazine rings is 1. The molecule has 0 radical (unpaired) electrons. The number of hydrogen-bond acceptors (Lipinski definition) is 4. The molecule has 3 aromatic rings. The van der Waals surface area contributed by atoms with Gasteiger partial charge in [0, 0.05) is 47.5 Å². The van der Waals surface area contributed by atoms with E-state index in [9.17, 15) is 4.79 Å². The molecule has 0 atom stereocenters. The largest absolute Gasteiger partial charge is 0.352 e. The Hall–Kier alpha value is -2.54. The van der Waals surface area contributed by atoms with Crippen LogP contribution in [0.3, 0.4) is 0 Å². The first kappa shape index (κ1) is 21.7. The topological polar surface area (TPSA) is 61.4 Å². The zero-order valence-electron chi connectivity index (χ0n) is 16.8. The number of amides is 2. The maximum Gasteiger partial charge on any atom is 0.321 e. The summed E-state index contributed by atoms with van der Waals surface area (Å²) in [5.74, 6) is 0.763. The molecule has 1 aliphatic rings. The molecule has 2 heterocycles. The molecule has 9 heteroatoms. The molecule has 1 N–H and O–H groups in total. The van der Waals surface area contributed by atoms with E-state index in [1.807, 2.05) is 31.2 Å². The quantitative estimate of drug-likeness (QED) is 0.521. The lowest BCUT2D eigenvalue weighted by molar-refractivity contribution is 0.208. The number of aryl methyl sites for hydroxylation is 1. The minimum absolute atomic E-state index is 0.135. The average Bonchev–Trinajstić information content (AvgIpc) is 2.77. The van der Waals surface area contributed by atoms with Crippen LogP contribution in [0.15, 0.2) is 48.5 Å². The number of aromatic nitrogens is 2. The number of urea groups is 1. The molecule has 31 heavy (non-hydrogen) atoms. The van der Waals surface area contributed by atoms with Gasteiger partial charge in [0.1, 0.15) is 0 Å². The van der Waals surface area contributed by atoms with E-state index in [1.165, 1.54) is 0 Å². The number of benzene rings is 2. The number of halogens is 3. The van der Waals surface area contributed by atoms with Gasteiger partial charge < -0.3 is 15.1 Å². The number of carbonyl (C=O) groups excluding carboxylic acids is 1. The molecule has 4 rings (SSSR count). The number of nitrogens with one attached hydrogen (secondary N) is 1. The Morgan fingerprint density at radius 3 is 2.29 bits per heavy atom. The summed E-state index contributed by atoms with van der Waals surface area (Å²) in [4.78, 5) is 16.5. The lowest BCUT2D eigenvalue weighted by Crippen LogP contribution is -2.50. The molecule has 0 bridgehead atoms. The van der Waals surface area contributed by atoms with Gasteiger partial charge in [0.2, 0.25) is 0 Å². The highest BCUT2D eigenvalue weighted by molar-refractivity contribution is 6.36. The lowest BCUT2D eigenvalue weighted by atomic mass is 10.1. The zero-order chi connectivity index (χ0) is 22.0. The Labute approximate surface area is 195 Å². The summed E-state index contributed by atoms with van der Waals surface area (Å²) in [5, 5.41) is 13.3. The van der Waals surface area contributed by atoms with E-state index in [0.29, 0.717) is 46.9 Å². The standard InChI is InChI=1S/C22H20Cl3N5O/c1-14-2-3-16(24)13-20(14)26-22(31)30-10-8-29(9-11-30)21-7-6-19(27-28-21)17-5-4-15(23)12-18(17)25/h2-7,12-13H,8-11H2,1H3,(H,26,31). The number of hydrogen-bond donors (Lipinski definition) is 1. The van der Waals surface area contributed by atoms with Crippen molar-refractivity contribution in [3.05, 3.63) is 69.2 Å². The molecule has 1 saturated heterocycles. The molecule has 0 unspecified atom stereocenters. The summed E-state index contributed by atoms with van der Waals surface area (Å²) < 4.78 is 0. The van der Waals surface area contributed by atoms with E-state index in [0.717, 1.165) is 22.6 Å². The van der Waals surface area contributed by atoms with Crippen LogP contribution in [0, 0.1) is 6.92 Å². The van der Waals surface area contributed by atoms with Crippen molar-refractivity contribution >= 4 is 52.3 Å². The zero-order valence-corrected chi connectivity index (χ0v) is 19.0. The van der Waals surface area contributed by atoms with Crippen molar-refractivity contribution in [2.24, 2.45) is 0 Å². The summed E-state index contributed by atoms with van der Waals surface area (Å²) >= 11 is 18.3. The van der Waals surface area contributed by atoms with Crippen molar-refractivity contribution in [1.29, 1.82) is 0 Å². The van der Waals surface area contributed by atoms with Crippen LogP contribution >= 0.6 is 34.8 Å². The van der Waals surface area contributed by atoms with E-state index in [4.69, 9.17) is 34.8 Å². The van der Waals surface area contributed by atoms with Crippen LogP contribution in [0.2, 0.25) is 15.1 Å². The van der Waals surface area contributed by atoms with E-state index in [1.54, 1.807) is 29.2 Å². The molecular weight excluding hydrogens is 457 g/mol. The SMILES string of the molecule is Cc1ccc(Cl)cc1NC(=O)N1CCN(c2ccc(-c3ccc(Cl)cc3Cl)nn2)CC1. The van der Waals surface area contributed by atoms with Crippen LogP contribution in [-0.2, 0) is 0 Å². The Balaban J connectivity index is 1.37. The van der Waals surface area contributed by atoms with Crippen LogP contribution in [-0.4, -0.2) is 47.3 Å². The molecule has 0 aliphatic carbocycles. The van der Waals surface area contributed by atoms with Gasteiger partial charge in [0.15, 0.2) is 5.82 Å². The number of anilines is 2. The van der Waals surface area contributed by atoms with Crippen molar-refractivity contribution < 1.29 is 4.79 Å². The van der Waals surface area contributed by atoms with Gasteiger partial charge in [-0.1, -0.05) is 40.9 Å². The summed E-state index contributed by atoms with van der Waals surface area (Å²) in [6.07, 6.45) is 0. The first-order valence-electron chi connectivity index (χ1n) is 9.77. The fraction of sp³-hybridized carbons (Fsp3) is 0.227. The van der Waals surface area contributed by atoms with Gasteiger partial charge in [-0.05, 0) is 55.0 Å². The summed E-state index contributed by atoms with van der Waals surface area (Å²) in [6.45, 7) is 4.43. The highest BCUT2D eigenvalue weighted by Crippen LogP contribution is 2.29. The minimum atomic E-state index is -0.135. The Morgan fingerprint density at radius 2 is 1.61 bits per heavy atom. The maximum absolute atomic E-state index is 12.6. The van der Waals surface area contributed by atoms with Crippen LogP contribution in [0.4, 0.5) is 16.3 Å². The van der Waals surface area contributed by atoms with Gasteiger partial charge in [0.05, 0.1) is 10.7 Å². The van der Waals surface area contributed by atoms with E-state index >= 15 is 0 Å². The van der Waals surface area contributed by atoms with Gasteiger partial charge >= 0.3 is 6.03 Å². The summed E-state index contributed by atoms with van der Waals surface area (Å²) in [7, 11) is 0. The highest BCUT2D eigenvalue weighted by Gasteiger charge is 2.22. The molecule has 2 amide bonds. The fourth-order valence-electron chi connectivity index (χ4n) is 3.40. The lowest BCUT2D eigenvalue weighted by Gasteiger charge is -2.35. The number of nitrogens with zero attached hydrogens (tertiary/aromatic N) is 4. The normalized spacial score (nSPS) is 13.9. The van der Waals surface area contributed by atoms with E-state index in [-0.39, 0.29) is 6.03 Å². The van der Waals surface area contributed by atoms with E-state index < -0.39 is 0 Å². The van der Waals surface area contributed by atoms with Gasteiger partial charge in [0.25, 0.3) is 0 Å². The average molecular weight is 477 g/mol. The van der Waals surface area contributed by atoms with Crippen molar-refractivity contribution in [2.75, 3.05) is 36.4 Å². The van der Waals surface area contributed by atoms with Crippen molar-refractivity contribution in [2.45, 2.75) is 6.92 Å². The third kappa shape index (κ3) is 5.03.